The Morgan fingerprint density at radius 1 is 1.45 bits per heavy atom. The third-order valence-corrected chi connectivity index (χ3v) is 3.85. The Morgan fingerprint density at radius 2 is 2.15 bits per heavy atom. The molecule has 2 rings (SSSR count). The van der Waals surface area contributed by atoms with Crippen LogP contribution >= 0.6 is 11.6 Å². The zero-order chi connectivity index (χ0) is 14.6. The van der Waals surface area contributed by atoms with Crippen molar-refractivity contribution in [1.82, 2.24) is 10.6 Å². The molecular formula is C15H21ClN2O2. The lowest BCUT2D eigenvalue weighted by Gasteiger charge is -2.35. The summed E-state index contributed by atoms with van der Waals surface area (Å²) in [7, 11) is 0. The van der Waals surface area contributed by atoms with Crippen LogP contribution in [0.5, 0.6) is 5.75 Å². The van der Waals surface area contributed by atoms with Gasteiger partial charge in [-0.15, -0.1) is 0 Å². The molecule has 1 aromatic rings. The Morgan fingerprint density at radius 3 is 2.80 bits per heavy atom. The molecule has 5 heteroatoms. The van der Waals surface area contributed by atoms with Crippen molar-refractivity contribution in [1.29, 1.82) is 0 Å². The third kappa shape index (κ3) is 4.12. The van der Waals surface area contributed by atoms with Gasteiger partial charge in [-0.1, -0.05) is 17.7 Å². The van der Waals surface area contributed by atoms with E-state index in [-0.39, 0.29) is 11.4 Å². The fourth-order valence-electron chi connectivity index (χ4n) is 2.30. The van der Waals surface area contributed by atoms with Crippen LogP contribution in [0.3, 0.4) is 0 Å². The maximum atomic E-state index is 12.2. The molecule has 1 aliphatic heterocycles. The summed E-state index contributed by atoms with van der Waals surface area (Å²) in [6, 6.07) is 7.07. The summed E-state index contributed by atoms with van der Waals surface area (Å²) in [4.78, 5) is 12.2. The SMILES string of the molecule is CC(Oc1cccc(Cl)c1)C(=O)NC1(C)CCNCC1. The molecule has 1 fully saturated rings. The summed E-state index contributed by atoms with van der Waals surface area (Å²) in [5, 5.41) is 6.98. The highest BCUT2D eigenvalue weighted by Crippen LogP contribution is 2.20. The van der Waals surface area contributed by atoms with Gasteiger partial charge < -0.3 is 15.4 Å². The van der Waals surface area contributed by atoms with Gasteiger partial charge in [0.15, 0.2) is 6.10 Å². The lowest BCUT2D eigenvalue weighted by Crippen LogP contribution is -2.55. The zero-order valence-electron chi connectivity index (χ0n) is 11.9. The van der Waals surface area contributed by atoms with E-state index in [4.69, 9.17) is 16.3 Å². The number of nitrogens with one attached hydrogen (secondary N) is 2. The maximum absolute atomic E-state index is 12.2. The van der Waals surface area contributed by atoms with E-state index in [0.29, 0.717) is 10.8 Å². The van der Waals surface area contributed by atoms with Gasteiger partial charge in [-0.25, -0.2) is 0 Å². The lowest BCUT2D eigenvalue weighted by molar-refractivity contribution is -0.129. The standard InChI is InChI=1S/C15H21ClN2O2/c1-11(20-13-5-3-4-12(16)10-13)14(19)18-15(2)6-8-17-9-7-15/h3-5,10-11,17H,6-9H2,1-2H3,(H,18,19). The highest BCUT2D eigenvalue weighted by atomic mass is 35.5. The normalized spacial score (nSPS) is 19.1. The summed E-state index contributed by atoms with van der Waals surface area (Å²) in [5.41, 5.74) is -0.145. The predicted molar refractivity (Wildman–Crippen MR) is 80.2 cm³/mol. The van der Waals surface area contributed by atoms with E-state index in [9.17, 15) is 4.79 Å². The van der Waals surface area contributed by atoms with Crippen LogP contribution in [-0.2, 0) is 4.79 Å². The molecule has 4 nitrogen and oxygen atoms in total. The average Bonchev–Trinajstić information content (AvgIpc) is 2.39. The summed E-state index contributed by atoms with van der Waals surface area (Å²) in [5.74, 6) is 0.519. The van der Waals surface area contributed by atoms with E-state index in [1.807, 2.05) is 0 Å². The van der Waals surface area contributed by atoms with Crippen LogP contribution in [-0.4, -0.2) is 30.6 Å². The summed E-state index contributed by atoms with van der Waals surface area (Å²) in [6.45, 7) is 5.69. The molecule has 0 aliphatic carbocycles. The fraction of sp³-hybridized carbons (Fsp3) is 0.533. The Balaban J connectivity index is 1.91. The molecule has 1 aromatic carbocycles. The molecule has 0 bridgehead atoms. The maximum Gasteiger partial charge on any atom is 0.261 e. The first-order chi connectivity index (χ1) is 9.48. The second-order valence-corrected chi connectivity index (χ2v) is 5.95. The van der Waals surface area contributed by atoms with Gasteiger partial charge in [0.1, 0.15) is 5.75 Å². The predicted octanol–water partition coefficient (Wildman–Crippen LogP) is 2.37. The van der Waals surface area contributed by atoms with Crippen molar-refractivity contribution < 1.29 is 9.53 Å². The second kappa shape index (κ2) is 6.46. The van der Waals surface area contributed by atoms with Crippen molar-refractivity contribution in [3.05, 3.63) is 29.3 Å². The molecule has 1 saturated heterocycles. The molecule has 1 aliphatic rings. The highest BCUT2D eigenvalue weighted by molar-refractivity contribution is 6.30. The van der Waals surface area contributed by atoms with E-state index < -0.39 is 6.10 Å². The number of hydrogen-bond donors (Lipinski definition) is 2. The topological polar surface area (TPSA) is 50.4 Å². The molecule has 0 radical (unpaired) electrons. The monoisotopic (exact) mass is 296 g/mol. The number of carbonyl (C=O) groups excluding carboxylic acids is 1. The molecule has 0 spiro atoms. The van der Waals surface area contributed by atoms with E-state index in [1.54, 1.807) is 31.2 Å². The number of benzene rings is 1. The van der Waals surface area contributed by atoms with Crippen molar-refractivity contribution in [2.45, 2.75) is 38.3 Å². The van der Waals surface area contributed by atoms with E-state index >= 15 is 0 Å². The van der Waals surface area contributed by atoms with Gasteiger partial charge in [-0.05, 0) is 58.0 Å². The first kappa shape index (κ1) is 15.1. The van der Waals surface area contributed by atoms with Crippen LogP contribution in [0, 0.1) is 0 Å². The minimum atomic E-state index is -0.542. The Labute approximate surface area is 124 Å². The van der Waals surface area contributed by atoms with Gasteiger partial charge in [0.2, 0.25) is 0 Å². The van der Waals surface area contributed by atoms with Crippen LogP contribution in [0.2, 0.25) is 5.02 Å². The van der Waals surface area contributed by atoms with Gasteiger partial charge in [-0.2, -0.15) is 0 Å². The number of amides is 1. The van der Waals surface area contributed by atoms with Crippen LogP contribution in [0.4, 0.5) is 0 Å². The molecule has 1 heterocycles. The summed E-state index contributed by atoms with van der Waals surface area (Å²) >= 11 is 5.90. The largest absolute Gasteiger partial charge is 0.481 e. The summed E-state index contributed by atoms with van der Waals surface area (Å²) in [6.07, 6.45) is 1.32. The smallest absolute Gasteiger partial charge is 0.261 e. The second-order valence-electron chi connectivity index (χ2n) is 5.52. The van der Waals surface area contributed by atoms with Gasteiger partial charge in [0.25, 0.3) is 5.91 Å². The van der Waals surface area contributed by atoms with Crippen LogP contribution in [0.1, 0.15) is 26.7 Å². The van der Waals surface area contributed by atoms with E-state index in [0.717, 1.165) is 25.9 Å². The first-order valence-electron chi connectivity index (χ1n) is 6.93. The minimum Gasteiger partial charge on any atom is -0.481 e. The Bertz CT molecular complexity index is 473. The Hall–Kier alpha value is -1.26. The van der Waals surface area contributed by atoms with Gasteiger partial charge in [0.05, 0.1) is 0 Å². The number of rotatable bonds is 4. The van der Waals surface area contributed by atoms with Gasteiger partial charge >= 0.3 is 0 Å². The molecule has 2 N–H and O–H groups in total. The van der Waals surface area contributed by atoms with E-state index in [1.165, 1.54) is 0 Å². The molecule has 0 aromatic heterocycles. The Kier molecular flexibility index (Phi) is 4.89. The zero-order valence-corrected chi connectivity index (χ0v) is 12.7. The number of carbonyl (C=O) groups is 1. The molecule has 1 atom stereocenters. The molecule has 20 heavy (non-hydrogen) atoms. The highest BCUT2D eigenvalue weighted by Gasteiger charge is 2.30. The third-order valence-electron chi connectivity index (χ3n) is 3.61. The quantitative estimate of drug-likeness (QED) is 0.897. The van der Waals surface area contributed by atoms with Crippen molar-refractivity contribution >= 4 is 17.5 Å². The molecule has 0 saturated carbocycles. The minimum absolute atomic E-state index is 0.0885. The number of piperidine rings is 1. The van der Waals surface area contributed by atoms with Crippen molar-refractivity contribution in [3.63, 3.8) is 0 Å². The lowest BCUT2D eigenvalue weighted by atomic mass is 9.90. The number of halogens is 1. The number of hydrogen-bond acceptors (Lipinski definition) is 3. The van der Waals surface area contributed by atoms with Crippen molar-refractivity contribution in [3.8, 4) is 5.75 Å². The van der Waals surface area contributed by atoms with Crippen LogP contribution in [0.25, 0.3) is 0 Å². The molecule has 110 valence electrons. The summed E-state index contributed by atoms with van der Waals surface area (Å²) < 4.78 is 5.63. The molecular weight excluding hydrogens is 276 g/mol. The van der Waals surface area contributed by atoms with Crippen molar-refractivity contribution in [2.75, 3.05) is 13.1 Å². The van der Waals surface area contributed by atoms with Crippen molar-refractivity contribution in [2.24, 2.45) is 0 Å². The van der Waals surface area contributed by atoms with E-state index in [2.05, 4.69) is 17.6 Å². The molecule has 1 unspecified atom stereocenters. The van der Waals surface area contributed by atoms with Crippen LogP contribution < -0.4 is 15.4 Å². The number of ether oxygens (including phenoxy) is 1. The van der Waals surface area contributed by atoms with Gasteiger partial charge in [0, 0.05) is 10.6 Å². The average molecular weight is 297 g/mol. The van der Waals surface area contributed by atoms with Gasteiger partial charge in [-0.3, -0.25) is 4.79 Å². The van der Waals surface area contributed by atoms with Crippen LogP contribution in [0.15, 0.2) is 24.3 Å². The molecule has 1 amide bonds. The fourth-order valence-corrected chi connectivity index (χ4v) is 2.48. The first-order valence-corrected chi connectivity index (χ1v) is 7.31.